The minimum absolute atomic E-state index is 0.0211. The average molecular weight is 383 g/mol. The maximum atomic E-state index is 11.9. The lowest BCUT2D eigenvalue weighted by atomic mass is 10.1. The summed E-state index contributed by atoms with van der Waals surface area (Å²) in [5, 5.41) is 11.0. The smallest absolute Gasteiger partial charge is 0.127 e. The van der Waals surface area contributed by atoms with E-state index >= 15 is 0 Å². The molecule has 0 radical (unpaired) electrons. The molecule has 0 aliphatic carbocycles. The molecule has 2 aromatic carbocycles. The van der Waals surface area contributed by atoms with Gasteiger partial charge in [-0.15, -0.1) is 0 Å². The van der Waals surface area contributed by atoms with Crippen LogP contribution in [0.4, 0.5) is 0 Å². The lowest BCUT2D eigenvalue weighted by Crippen LogP contribution is -2.65. The van der Waals surface area contributed by atoms with Crippen molar-refractivity contribution in [1.82, 2.24) is 0 Å². The third-order valence-electron chi connectivity index (χ3n) is 5.87. The molecule has 2 rings (SSSR count). The lowest BCUT2D eigenvalue weighted by molar-refractivity contribution is 0.120. The molecule has 0 bridgehead atoms. The van der Waals surface area contributed by atoms with Gasteiger partial charge in [0, 0.05) is 12.7 Å². The molecule has 0 aliphatic rings. The third-order valence-corrected chi connectivity index (χ3v) is 12.2. The Morgan fingerprint density at radius 2 is 1.44 bits per heavy atom. The van der Waals surface area contributed by atoms with E-state index in [0.717, 1.165) is 5.56 Å². The van der Waals surface area contributed by atoms with Crippen molar-refractivity contribution in [3.63, 3.8) is 0 Å². The van der Waals surface area contributed by atoms with E-state index in [-0.39, 0.29) is 5.04 Å². The van der Waals surface area contributed by atoms with Gasteiger partial charge in [-0.1, -0.05) is 100 Å². The first-order valence-electron chi connectivity index (χ1n) is 9.74. The Kier molecular flexibility index (Phi) is 7.21. The highest BCUT2D eigenvalue weighted by atomic mass is 28.3. The zero-order valence-electron chi connectivity index (χ0n) is 17.4. The van der Waals surface area contributed by atoms with Gasteiger partial charge in [0.05, 0.1) is 11.8 Å². The third kappa shape index (κ3) is 5.19. The standard InChI is InChI=1S/C24H34O2Si/c1-6-17-24(25,18-21-13-9-7-10-14-21)27(5,23(2,3)4)20-26-19-22-15-11-8-12-16-22/h6-17,25H,18-20H2,1-5H3/b17-6+/t24-,27-/m1/s1. The maximum Gasteiger partial charge on any atom is 0.127 e. The van der Waals surface area contributed by atoms with Gasteiger partial charge < -0.3 is 9.84 Å². The molecule has 146 valence electrons. The van der Waals surface area contributed by atoms with Crippen LogP contribution in [0.2, 0.25) is 11.6 Å². The highest BCUT2D eigenvalue weighted by molar-refractivity contribution is 6.84. The molecule has 0 spiro atoms. The summed E-state index contributed by atoms with van der Waals surface area (Å²) in [6.07, 6.45) is 5.21. The second-order valence-electron chi connectivity index (χ2n) is 8.65. The fourth-order valence-electron chi connectivity index (χ4n) is 3.56. The molecule has 0 heterocycles. The zero-order valence-corrected chi connectivity index (χ0v) is 18.4. The molecule has 2 atom stereocenters. The molecule has 27 heavy (non-hydrogen) atoms. The fourth-order valence-corrected chi connectivity index (χ4v) is 7.18. The van der Waals surface area contributed by atoms with Gasteiger partial charge in [0.25, 0.3) is 0 Å². The van der Waals surface area contributed by atoms with Crippen molar-refractivity contribution < 1.29 is 9.84 Å². The Morgan fingerprint density at radius 3 is 1.93 bits per heavy atom. The van der Waals surface area contributed by atoms with E-state index in [1.165, 1.54) is 5.56 Å². The first-order valence-corrected chi connectivity index (χ1v) is 12.4. The van der Waals surface area contributed by atoms with Crippen LogP contribution in [0.5, 0.6) is 0 Å². The van der Waals surface area contributed by atoms with Crippen LogP contribution in [0, 0.1) is 0 Å². The average Bonchev–Trinajstić information content (AvgIpc) is 2.62. The van der Waals surface area contributed by atoms with E-state index < -0.39 is 13.3 Å². The number of rotatable bonds is 8. The fraction of sp³-hybridized carbons (Fsp3) is 0.417. The van der Waals surface area contributed by atoms with Crippen LogP contribution >= 0.6 is 0 Å². The van der Waals surface area contributed by atoms with Gasteiger partial charge in [0.15, 0.2) is 0 Å². The van der Waals surface area contributed by atoms with Crippen LogP contribution in [-0.2, 0) is 17.8 Å². The normalized spacial score (nSPS) is 16.8. The molecule has 0 saturated heterocycles. The van der Waals surface area contributed by atoms with Crippen molar-refractivity contribution in [2.75, 3.05) is 6.23 Å². The van der Waals surface area contributed by atoms with Crippen LogP contribution in [0.1, 0.15) is 38.8 Å². The topological polar surface area (TPSA) is 29.5 Å². The molecule has 2 aromatic rings. The quantitative estimate of drug-likeness (QED) is 0.468. The molecule has 2 nitrogen and oxygen atoms in total. The lowest BCUT2D eigenvalue weighted by Gasteiger charge is -2.50. The van der Waals surface area contributed by atoms with Gasteiger partial charge in [-0.25, -0.2) is 0 Å². The van der Waals surface area contributed by atoms with Crippen molar-refractivity contribution in [2.24, 2.45) is 0 Å². The van der Waals surface area contributed by atoms with Crippen LogP contribution in [0.3, 0.4) is 0 Å². The van der Waals surface area contributed by atoms with E-state index in [1.807, 2.05) is 55.5 Å². The van der Waals surface area contributed by atoms with Crippen LogP contribution in [0.15, 0.2) is 72.8 Å². The Balaban J connectivity index is 2.29. The Labute approximate surface area is 165 Å². The first-order chi connectivity index (χ1) is 12.7. The summed E-state index contributed by atoms with van der Waals surface area (Å²) in [7, 11) is -2.32. The summed E-state index contributed by atoms with van der Waals surface area (Å²) in [6.45, 7) is 11.6. The predicted octanol–water partition coefficient (Wildman–Crippen LogP) is 5.71. The second kappa shape index (κ2) is 9.00. The molecule has 0 fully saturated rings. The molecular formula is C24H34O2Si. The number of ether oxygens (including phenoxy) is 1. The minimum Gasteiger partial charge on any atom is -0.389 e. The molecule has 3 heteroatoms. The number of allylic oxidation sites excluding steroid dienone is 1. The van der Waals surface area contributed by atoms with E-state index in [1.54, 1.807) is 0 Å². The number of hydrogen-bond donors (Lipinski definition) is 1. The summed E-state index contributed by atoms with van der Waals surface area (Å²) in [5.41, 5.74) is 2.32. The van der Waals surface area contributed by atoms with Crippen molar-refractivity contribution in [3.8, 4) is 0 Å². The highest BCUT2D eigenvalue weighted by Gasteiger charge is 2.54. The minimum atomic E-state index is -2.32. The largest absolute Gasteiger partial charge is 0.389 e. The van der Waals surface area contributed by atoms with Gasteiger partial charge in [0.2, 0.25) is 0 Å². The Morgan fingerprint density at radius 1 is 0.926 bits per heavy atom. The highest BCUT2D eigenvalue weighted by Crippen LogP contribution is 2.45. The van der Waals surface area contributed by atoms with Crippen molar-refractivity contribution >= 4 is 8.07 Å². The van der Waals surface area contributed by atoms with E-state index in [4.69, 9.17) is 4.74 Å². The molecule has 0 unspecified atom stereocenters. The van der Waals surface area contributed by atoms with E-state index in [9.17, 15) is 5.11 Å². The summed E-state index contributed by atoms with van der Waals surface area (Å²) in [4.78, 5) is 0. The Hall–Kier alpha value is -1.68. The first kappa shape index (κ1) is 21.6. The van der Waals surface area contributed by atoms with Crippen LogP contribution in [-0.4, -0.2) is 24.6 Å². The molecule has 0 saturated carbocycles. The summed E-state index contributed by atoms with van der Waals surface area (Å²) >= 11 is 0. The SMILES string of the molecule is C/C=C/[C@](O)(Cc1ccccc1)[Si@](C)(COCc1ccccc1)C(C)(C)C. The van der Waals surface area contributed by atoms with Crippen LogP contribution < -0.4 is 0 Å². The molecule has 0 aliphatic heterocycles. The molecule has 0 aromatic heterocycles. The number of aliphatic hydroxyl groups is 1. The molecule has 0 amide bonds. The Bertz CT molecular complexity index is 721. The van der Waals surface area contributed by atoms with Crippen molar-refractivity contribution in [2.45, 2.75) is 57.5 Å². The van der Waals surface area contributed by atoms with E-state index in [0.29, 0.717) is 19.3 Å². The monoisotopic (exact) mass is 382 g/mol. The summed E-state index contributed by atoms with van der Waals surface area (Å²) < 4.78 is 6.21. The maximum absolute atomic E-state index is 11.9. The summed E-state index contributed by atoms with van der Waals surface area (Å²) in [5.74, 6) is 0. The summed E-state index contributed by atoms with van der Waals surface area (Å²) in [6, 6.07) is 20.5. The second-order valence-corrected chi connectivity index (χ2v) is 14.0. The van der Waals surface area contributed by atoms with Gasteiger partial charge in [0.1, 0.15) is 8.07 Å². The number of hydrogen-bond acceptors (Lipinski definition) is 2. The zero-order chi connectivity index (χ0) is 20.0. The van der Waals surface area contributed by atoms with Gasteiger partial charge in [-0.05, 0) is 23.1 Å². The van der Waals surface area contributed by atoms with Gasteiger partial charge >= 0.3 is 0 Å². The molecular weight excluding hydrogens is 348 g/mol. The van der Waals surface area contributed by atoms with Gasteiger partial charge in [-0.3, -0.25) is 0 Å². The molecule has 1 N–H and O–H groups in total. The van der Waals surface area contributed by atoms with E-state index in [2.05, 4.69) is 51.6 Å². The van der Waals surface area contributed by atoms with Gasteiger partial charge in [-0.2, -0.15) is 0 Å². The van der Waals surface area contributed by atoms with Crippen molar-refractivity contribution in [3.05, 3.63) is 83.9 Å². The van der Waals surface area contributed by atoms with Crippen LogP contribution in [0.25, 0.3) is 0 Å². The number of benzene rings is 2. The van der Waals surface area contributed by atoms with Crippen molar-refractivity contribution in [1.29, 1.82) is 0 Å². The predicted molar refractivity (Wildman–Crippen MR) is 117 cm³/mol.